The number of halogens is 3. The van der Waals surface area contributed by atoms with Crippen LogP contribution < -0.4 is 14.5 Å². The third kappa shape index (κ3) is 6.45. The number of rotatable bonds is 8. The minimum Gasteiger partial charge on any atom is -0.494 e. The Kier molecular flexibility index (Phi) is 7.66. The number of sulfonamides is 1. The number of hydrogen-bond acceptors (Lipinski definition) is 5. The Morgan fingerprint density at radius 3 is 2.35 bits per heavy atom. The molecule has 0 saturated carbocycles. The summed E-state index contributed by atoms with van der Waals surface area (Å²) in [5, 5.41) is 3.57. The molecule has 0 aliphatic rings. The fraction of sp³-hybridized carbons (Fsp3) is 0.300. The summed E-state index contributed by atoms with van der Waals surface area (Å²) in [6, 6.07) is 9.61. The molecule has 0 heterocycles. The lowest BCUT2D eigenvalue weighted by atomic mass is 10.1. The first-order valence-corrected chi connectivity index (χ1v) is 11.0. The smallest absolute Gasteiger partial charge is 0.417 e. The molecule has 0 aliphatic heterocycles. The molecule has 2 aromatic rings. The monoisotopic (exact) mass is 457 g/mol. The van der Waals surface area contributed by atoms with Gasteiger partial charge < -0.3 is 4.74 Å². The van der Waals surface area contributed by atoms with Crippen LogP contribution in [0, 0.1) is 0 Å². The highest BCUT2D eigenvalue weighted by molar-refractivity contribution is 7.92. The number of carbonyl (C=O) groups excluding carboxylic acids is 1. The predicted octanol–water partition coefficient (Wildman–Crippen LogP) is 3.41. The minimum atomic E-state index is -4.58. The first-order valence-electron chi connectivity index (χ1n) is 9.16. The molecule has 31 heavy (non-hydrogen) atoms. The first-order chi connectivity index (χ1) is 14.4. The number of alkyl halides is 3. The van der Waals surface area contributed by atoms with E-state index in [0.29, 0.717) is 12.4 Å². The molecule has 168 valence electrons. The van der Waals surface area contributed by atoms with Gasteiger partial charge in [0.15, 0.2) is 0 Å². The first kappa shape index (κ1) is 24.2. The average molecular weight is 457 g/mol. The van der Waals surface area contributed by atoms with Crippen molar-refractivity contribution in [3.05, 3.63) is 59.7 Å². The zero-order chi connectivity index (χ0) is 23.2. The molecule has 2 aromatic carbocycles. The average Bonchev–Trinajstić information content (AvgIpc) is 2.68. The van der Waals surface area contributed by atoms with E-state index in [1.54, 1.807) is 19.1 Å². The molecular formula is C20H22F3N3O4S. The maximum atomic E-state index is 13.0. The predicted molar refractivity (Wildman–Crippen MR) is 112 cm³/mol. The maximum absolute atomic E-state index is 13.0. The minimum absolute atomic E-state index is 0.222. The molecule has 0 saturated heterocycles. The van der Waals surface area contributed by atoms with E-state index in [-0.39, 0.29) is 11.3 Å². The van der Waals surface area contributed by atoms with Crippen molar-refractivity contribution in [2.45, 2.75) is 26.1 Å². The maximum Gasteiger partial charge on any atom is 0.417 e. The molecule has 0 bridgehead atoms. The highest BCUT2D eigenvalue weighted by Crippen LogP contribution is 2.31. The van der Waals surface area contributed by atoms with Crippen molar-refractivity contribution >= 4 is 27.8 Å². The molecule has 1 atom stereocenters. The van der Waals surface area contributed by atoms with Crippen LogP contribution in [0.5, 0.6) is 5.75 Å². The Morgan fingerprint density at radius 2 is 1.81 bits per heavy atom. The van der Waals surface area contributed by atoms with Gasteiger partial charge in [-0.3, -0.25) is 9.10 Å². The molecule has 2 rings (SSSR count). The van der Waals surface area contributed by atoms with Crippen LogP contribution in [0.25, 0.3) is 0 Å². The Labute approximate surface area is 178 Å². The SMILES string of the molecule is CCOc1ccc(N([C@H](C)C(=O)N/N=C\c2ccccc2C(F)(F)F)S(C)(=O)=O)cc1. The Balaban J connectivity index is 2.20. The zero-order valence-corrected chi connectivity index (χ0v) is 17.9. The van der Waals surface area contributed by atoms with Crippen LogP contribution in [0.1, 0.15) is 25.0 Å². The molecule has 0 radical (unpaired) electrons. The van der Waals surface area contributed by atoms with Gasteiger partial charge in [-0.25, -0.2) is 13.8 Å². The summed E-state index contributed by atoms with van der Waals surface area (Å²) < 4.78 is 69.9. The van der Waals surface area contributed by atoms with Crippen LogP contribution in [0.2, 0.25) is 0 Å². The highest BCUT2D eigenvalue weighted by atomic mass is 32.2. The van der Waals surface area contributed by atoms with Crippen molar-refractivity contribution in [3.8, 4) is 5.75 Å². The van der Waals surface area contributed by atoms with Gasteiger partial charge in [0, 0.05) is 5.56 Å². The van der Waals surface area contributed by atoms with Crippen molar-refractivity contribution in [2.24, 2.45) is 5.10 Å². The van der Waals surface area contributed by atoms with Crippen LogP contribution in [0.15, 0.2) is 53.6 Å². The number of benzene rings is 2. The van der Waals surface area contributed by atoms with Gasteiger partial charge in [-0.2, -0.15) is 18.3 Å². The van der Waals surface area contributed by atoms with Crippen molar-refractivity contribution in [2.75, 3.05) is 17.2 Å². The molecule has 0 aliphatic carbocycles. The second kappa shape index (κ2) is 9.82. The molecule has 7 nitrogen and oxygen atoms in total. The Morgan fingerprint density at radius 1 is 1.19 bits per heavy atom. The molecular weight excluding hydrogens is 435 g/mol. The van der Waals surface area contributed by atoms with Crippen LogP contribution in [0.3, 0.4) is 0 Å². The van der Waals surface area contributed by atoms with E-state index < -0.39 is 33.7 Å². The van der Waals surface area contributed by atoms with Gasteiger partial charge in [0.1, 0.15) is 11.8 Å². The Hall–Kier alpha value is -3.08. The Bertz CT molecular complexity index is 1040. The van der Waals surface area contributed by atoms with Crippen molar-refractivity contribution in [3.63, 3.8) is 0 Å². The zero-order valence-electron chi connectivity index (χ0n) is 17.1. The fourth-order valence-corrected chi connectivity index (χ4v) is 3.97. The lowest BCUT2D eigenvalue weighted by Gasteiger charge is -2.27. The summed E-state index contributed by atoms with van der Waals surface area (Å²) in [6.45, 7) is 3.58. The van der Waals surface area contributed by atoms with Gasteiger partial charge in [-0.1, -0.05) is 18.2 Å². The summed E-state index contributed by atoms with van der Waals surface area (Å²) >= 11 is 0. The van der Waals surface area contributed by atoms with E-state index in [1.165, 1.54) is 37.3 Å². The molecule has 0 spiro atoms. The van der Waals surface area contributed by atoms with Crippen molar-refractivity contribution < 1.29 is 31.1 Å². The third-order valence-corrected chi connectivity index (χ3v) is 5.38. The van der Waals surface area contributed by atoms with E-state index in [2.05, 4.69) is 10.5 Å². The normalized spacial score (nSPS) is 13.1. The number of hydrazone groups is 1. The largest absolute Gasteiger partial charge is 0.494 e. The molecule has 1 amide bonds. The van der Waals surface area contributed by atoms with Gasteiger partial charge in [-0.05, 0) is 44.2 Å². The molecule has 0 aromatic heterocycles. The quantitative estimate of drug-likeness (QED) is 0.486. The van der Waals surface area contributed by atoms with Gasteiger partial charge >= 0.3 is 6.18 Å². The molecule has 1 N–H and O–H groups in total. The highest BCUT2D eigenvalue weighted by Gasteiger charge is 2.32. The topological polar surface area (TPSA) is 88.1 Å². The third-order valence-electron chi connectivity index (χ3n) is 4.14. The number of nitrogens with zero attached hydrogens (tertiary/aromatic N) is 2. The van der Waals surface area contributed by atoms with Gasteiger partial charge in [0.05, 0.1) is 30.3 Å². The lowest BCUT2D eigenvalue weighted by molar-refractivity contribution is -0.137. The van der Waals surface area contributed by atoms with Crippen LogP contribution in [-0.2, 0) is 21.0 Å². The van der Waals surface area contributed by atoms with Crippen molar-refractivity contribution in [1.82, 2.24) is 5.43 Å². The van der Waals surface area contributed by atoms with Crippen molar-refractivity contribution in [1.29, 1.82) is 0 Å². The fourth-order valence-electron chi connectivity index (χ4n) is 2.79. The van der Waals surface area contributed by atoms with E-state index >= 15 is 0 Å². The van der Waals surface area contributed by atoms with E-state index in [0.717, 1.165) is 22.8 Å². The number of amides is 1. The summed E-state index contributed by atoms with van der Waals surface area (Å²) in [5.74, 6) is -0.287. The van der Waals surface area contributed by atoms with Crippen LogP contribution in [0.4, 0.5) is 18.9 Å². The summed E-state index contributed by atoms with van der Waals surface area (Å²) in [5.41, 5.74) is 1.17. The molecule has 0 unspecified atom stereocenters. The van der Waals surface area contributed by atoms with E-state index in [9.17, 15) is 26.4 Å². The summed E-state index contributed by atoms with van der Waals surface area (Å²) in [4.78, 5) is 12.5. The van der Waals surface area contributed by atoms with Gasteiger partial charge in [0.2, 0.25) is 10.0 Å². The number of nitrogens with one attached hydrogen (secondary N) is 1. The summed E-state index contributed by atoms with van der Waals surface area (Å²) in [6.07, 6.45) is -2.79. The van der Waals surface area contributed by atoms with Crippen LogP contribution >= 0.6 is 0 Å². The van der Waals surface area contributed by atoms with Gasteiger partial charge in [0.25, 0.3) is 5.91 Å². The standard InChI is InChI=1S/C20H22F3N3O4S/c1-4-30-17-11-9-16(10-12-17)26(31(3,28)29)14(2)19(27)25-24-13-15-7-5-6-8-18(15)20(21,22)23/h5-14H,4H2,1-3H3,(H,25,27)/b24-13-/t14-/m1/s1. The van der Waals surface area contributed by atoms with Crippen LogP contribution in [-0.4, -0.2) is 39.4 Å². The van der Waals surface area contributed by atoms with E-state index in [1.807, 2.05) is 0 Å². The number of ether oxygens (including phenoxy) is 1. The van der Waals surface area contributed by atoms with E-state index in [4.69, 9.17) is 4.74 Å². The number of carbonyl (C=O) groups is 1. The lowest BCUT2D eigenvalue weighted by Crippen LogP contribution is -2.46. The number of anilines is 1. The second-order valence-electron chi connectivity index (χ2n) is 6.48. The second-order valence-corrected chi connectivity index (χ2v) is 8.34. The molecule has 0 fully saturated rings. The van der Waals surface area contributed by atoms with Gasteiger partial charge in [-0.15, -0.1) is 0 Å². The molecule has 11 heteroatoms. The number of hydrogen-bond donors (Lipinski definition) is 1. The summed E-state index contributed by atoms with van der Waals surface area (Å²) in [7, 11) is -3.86.